The van der Waals surface area contributed by atoms with E-state index in [1.807, 2.05) is 13.0 Å². The van der Waals surface area contributed by atoms with Crippen molar-refractivity contribution in [1.29, 1.82) is 0 Å². The molecule has 3 aliphatic heterocycles. The molecule has 74 heavy (non-hydrogen) atoms. The van der Waals surface area contributed by atoms with Gasteiger partial charge in [0.05, 0.1) is 86.7 Å². The Labute approximate surface area is 434 Å². The average Bonchev–Trinajstić information content (AvgIpc) is 3.33. The van der Waals surface area contributed by atoms with Crippen LogP contribution in [0.3, 0.4) is 0 Å². The van der Waals surface area contributed by atoms with E-state index in [4.69, 9.17) is 35.2 Å². The van der Waals surface area contributed by atoms with Gasteiger partial charge in [0.15, 0.2) is 12.1 Å². The number of rotatable bonds is 8. The molecule has 0 aromatic rings. The normalized spacial score (nSPS) is 38.7. The molecule has 21 nitrogen and oxygen atoms in total. The quantitative estimate of drug-likeness (QED) is 0.143. The third kappa shape index (κ3) is 21.5. The summed E-state index contributed by atoms with van der Waals surface area (Å²) in [4.78, 5) is 38.9. The summed E-state index contributed by atoms with van der Waals surface area (Å²) in [5.41, 5.74) is 11.6. The van der Waals surface area contributed by atoms with E-state index < -0.39 is 159 Å². The Morgan fingerprint density at radius 2 is 1.32 bits per heavy atom. The van der Waals surface area contributed by atoms with Crippen LogP contribution in [0.2, 0.25) is 0 Å². The maximum atomic E-state index is 13.2. The topological polar surface area (TPSA) is 364 Å². The number of carbonyl (C=O) groups is 3. The van der Waals surface area contributed by atoms with Gasteiger partial charge >= 0.3 is 11.9 Å². The summed E-state index contributed by atoms with van der Waals surface area (Å²) in [6.45, 7) is 7.01. The van der Waals surface area contributed by atoms with Crippen LogP contribution < -0.4 is 16.8 Å². The van der Waals surface area contributed by atoms with Gasteiger partial charge in [0.1, 0.15) is 24.2 Å². The minimum Gasteiger partial charge on any atom is -0.469 e. The first kappa shape index (κ1) is 64.3. The Balaban J connectivity index is 1.94. The number of aliphatic hydroxyl groups excluding tert-OH is 9. The van der Waals surface area contributed by atoms with Gasteiger partial charge in [0.2, 0.25) is 5.91 Å². The molecular formula is C53H85N3O18. The summed E-state index contributed by atoms with van der Waals surface area (Å²) in [5.74, 6) is -6.79. The molecule has 21 heteroatoms. The molecule has 0 aromatic heterocycles. The van der Waals surface area contributed by atoms with Crippen LogP contribution in [-0.2, 0) is 38.1 Å². The second-order valence-electron chi connectivity index (χ2n) is 19.7. The van der Waals surface area contributed by atoms with E-state index in [9.17, 15) is 65.4 Å². The third-order valence-electron chi connectivity index (χ3n) is 13.5. The van der Waals surface area contributed by atoms with E-state index in [2.05, 4.69) is 5.32 Å². The number of ether oxygens (including phenoxy) is 5. The minimum atomic E-state index is -2.33. The summed E-state index contributed by atoms with van der Waals surface area (Å²) in [6, 6.07) is -2.30. The maximum absolute atomic E-state index is 13.2. The van der Waals surface area contributed by atoms with Gasteiger partial charge in [-0.15, -0.1) is 0 Å². The number of hydrogen-bond donors (Lipinski definition) is 13. The third-order valence-corrected chi connectivity index (χ3v) is 13.5. The van der Waals surface area contributed by atoms with Gasteiger partial charge in [-0.25, -0.2) is 0 Å². The predicted molar refractivity (Wildman–Crippen MR) is 272 cm³/mol. The number of allylic oxidation sites excluding steroid dienone is 12. The Bertz CT molecular complexity index is 1910. The van der Waals surface area contributed by atoms with Crippen LogP contribution in [-0.4, -0.2) is 186 Å². The van der Waals surface area contributed by atoms with Crippen LogP contribution >= 0.6 is 0 Å². The summed E-state index contributed by atoms with van der Waals surface area (Å²) >= 11 is 0. The standard InChI is InChI=1S/C53H85N3O18/c1-31-19-16-14-12-10-8-6-7-9-11-13-15-17-20-38(73-52-49(66)46(48(65)34(4)72-52)56-50(67)39(55)21-18-24-54)28-43-45(51(68)70-5)42(62)30-53(69,74-43)29-37(59)26-41(61)40(60)23-22-35(57)25-36(58)27-44(63)71-33(3)32(2)47(31)64/h6-17,19-20,31-43,45-49,52,57-62,64-66,69H,18,21-30,54-55H2,1-5H3,(H,56,67)/t31-,32-,33-,34+,35+,36+,37-,38-,39?,40+,41+,42-,43-,45+,46-,47+,48+,49-,52-,53+/m0/s1. The molecule has 3 heterocycles. The molecule has 0 aromatic carbocycles. The SMILES string of the molecule is COC(=O)[C@H]1[C@@H]2C[C@@H](O[C@@H]3O[C@H](C)[C@@H](O)[C@H](NC(=O)C(N)CCCN)[C@@H]3O)C=CC=CC=CC=CC=CC=CC=C[C@H](C)[C@@H](O)[C@@H](C)[C@H](C)OC(=O)C[C@H](O)C[C@H](O)CC[C@@H](O)[C@H](O)C[C@H](O)C[C@](O)(C[C@@H]1O)O2. The maximum Gasteiger partial charge on any atom is 0.313 e. The van der Waals surface area contributed by atoms with Crippen LogP contribution in [0.15, 0.2) is 85.1 Å². The largest absolute Gasteiger partial charge is 0.469 e. The summed E-state index contributed by atoms with van der Waals surface area (Å²) in [6.07, 6.45) is 3.53. The van der Waals surface area contributed by atoms with Crippen molar-refractivity contribution < 1.29 is 89.1 Å². The molecule has 0 aliphatic carbocycles. The van der Waals surface area contributed by atoms with Gasteiger partial charge in [-0.3, -0.25) is 14.4 Å². The van der Waals surface area contributed by atoms with E-state index in [0.717, 1.165) is 7.11 Å². The van der Waals surface area contributed by atoms with Crippen molar-refractivity contribution in [3.8, 4) is 0 Å². The highest BCUT2D eigenvalue weighted by atomic mass is 16.7. The van der Waals surface area contributed by atoms with E-state index in [-0.39, 0.29) is 38.0 Å². The Morgan fingerprint density at radius 3 is 1.92 bits per heavy atom. The second-order valence-corrected chi connectivity index (χ2v) is 19.7. The minimum absolute atomic E-state index is 0.116. The molecule has 0 radical (unpaired) electrons. The van der Waals surface area contributed by atoms with E-state index >= 15 is 0 Å². The Morgan fingerprint density at radius 1 is 0.730 bits per heavy atom. The fourth-order valence-electron chi connectivity index (χ4n) is 8.97. The fourth-order valence-corrected chi connectivity index (χ4v) is 8.97. The first-order valence-corrected chi connectivity index (χ1v) is 25.6. The Hall–Kier alpha value is -4.01. The lowest BCUT2D eigenvalue weighted by Gasteiger charge is -2.46. The number of aliphatic hydroxyl groups is 10. The Kier molecular flexibility index (Phi) is 28.3. The number of hydrogen-bond acceptors (Lipinski definition) is 20. The lowest BCUT2D eigenvalue weighted by molar-refractivity contribution is -0.309. The number of cyclic esters (lactones) is 1. The summed E-state index contributed by atoms with van der Waals surface area (Å²) in [7, 11) is 1.10. The van der Waals surface area contributed by atoms with E-state index in [0.29, 0.717) is 13.0 Å². The van der Waals surface area contributed by atoms with E-state index in [1.165, 1.54) is 13.0 Å². The first-order valence-electron chi connectivity index (χ1n) is 25.6. The van der Waals surface area contributed by atoms with Gasteiger partial charge in [0, 0.05) is 37.5 Å². The number of esters is 2. The van der Waals surface area contributed by atoms with Crippen molar-refractivity contribution in [2.24, 2.45) is 29.2 Å². The van der Waals surface area contributed by atoms with Crippen molar-refractivity contribution >= 4 is 17.8 Å². The van der Waals surface area contributed by atoms with Gasteiger partial charge < -0.3 is 91.5 Å². The molecule has 3 aliphatic rings. The number of nitrogens with one attached hydrogen (secondary N) is 1. The lowest BCUT2D eigenvalue weighted by Crippen LogP contribution is -2.65. The van der Waals surface area contributed by atoms with Crippen molar-refractivity contribution in [2.75, 3.05) is 13.7 Å². The van der Waals surface area contributed by atoms with Crippen LogP contribution in [0.4, 0.5) is 0 Å². The summed E-state index contributed by atoms with van der Waals surface area (Å²) < 4.78 is 28.8. The van der Waals surface area contributed by atoms with Crippen LogP contribution in [0, 0.1) is 17.8 Å². The molecule has 2 bridgehead atoms. The van der Waals surface area contributed by atoms with Gasteiger partial charge in [-0.2, -0.15) is 0 Å². The van der Waals surface area contributed by atoms with Gasteiger partial charge in [-0.1, -0.05) is 98.9 Å². The highest BCUT2D eigenvalue weighted by Crippen LogP contribution is 2.38. The van der Waals surface area contributed by atoms with Crippen LogP contribution in [0.1, 0.15) is 91.9 Å². The fraction of sp³-hybridized carbons (Fsp3) is 0.679. The smallest absolute Gasteiger partial charge is 0.313 e. The zero-order chi connectivity index (χ0) is 55.1. The zero-order valence-corrected chi connectivity index (χ0v) is 43.2. The van der Waals surface area contributed by atoms with Gasteiger partial charge in [0.25, 0.3) is 0 Å². The second kappa shape index (κ2) is 32.5. The number of nitrogens with two attached hydrogens (primary N) is 2. The highest BCUT2D eigenvalue weighted by molar-refractivity contribution is 5.81. The number of fused-ring (bicyclic) bond motifs is 2. The van der Waals surface area contributed by atoms with Gasteiger partial charge in [-0.05, 0) is 52.5 Å². The summed E-state index contributed by atoms with van der Waals surface area (Å²) in [5, 5.41) is 113. The van der Waals surface area contributed by atoms with Crippen molar-refractivity contribution in [3.05, 3.63) is 85.1 Å². The average molecular weight is 1050 g/mol. The zero-order valence-electron chi connectivity index (χ0n) is 43.2. The molecule has 1 amide bonds. The molecule has 15 N–H and O–H groups in total. The number of methoxy groups -OCH3 is 1. The molecule has 20 atom stereocenters. The number of carbonyl (C=O) groups excluding carboxylic acids is 3. The molecule has 0 saturated carbocycles. The van der Waals surface area contributed by atoms with Crippen LogP contribution in [0.25, 0.3) is 0 Å². The van der Waals surface area contributed by atoms with Crippen molar-refractivity contribution in [1.82, 2.24) is 5.32 Å². The first-order chi connectivity index (χ1) is 35.0. The number of amides is 1. The lowest BCUT2D eigenvalue weighted by atomic mass is 9.82. The van der Waals surface area contributed by atoms with E-state index in [1.54, 1.807) is 86.8 Å². The molecular weight excluding hydrogens is 967 g/mol. The molecule has 3 rings (SSSR count). The molecule has 2 saturated heterocycles. The van der Waals surface area contributed by atoms with Crippen molar-refractivity contribution in [3.63, 3.8) is 0 Å². The predicted octanol–water partition coefficient (Wildman–Crippen LogP) is 0.0238. The molecule has 2 fully saturated rings. The molecule has 0 spiro atoms. The molecule has 420 valence electrons. The molecule has 1 unspecified atom stereocenters. The van der Waals surface area contributed by atoms with Crippen molar-refractivity contribution in [2.45, 2.75) is 195 Å². The monoisotopic (exact) mass is 1050 g/mol. The van der Waals surface area contributed by atoms with Crippen LogP contribution in [0.5, 0.6) is 0 Å². The highest BCUT2D eigenvalue weighted by Gasteiger charge is 2.51.